The van der Waals surface area contributed by atoms with E-state index >= 15 is 0 Å². The van der Waals surface area contributed by atoms with Gasteiger partial charge in [0.05, 0.1) is 10.9 Å². The molecule has 0 aliphatic rings. The maximum absolute atomic E-state index is 12.7. The van der Waals surface area contributed by atoms with Gasteiger partial charge in [-0.25, -0.2) is 9.67 Å². The molecule has 2 aromatic heterocycles. The zero-order valence-electron chi connectivity index (χ0n) is 16.0. The largest absolute Gasteiger partial charge is 0.305 e. The van der Waals surface area contributed by atoms with E-state index in [1.807, 2.05) is 16.8 Å². The van der Waals surface area contributed by atoms with E-state index in [4.69, 9.17) is 16.6 Å². The third-order valence-electron chi connectivity index (χ3n) is 4.55. The number of nitrogens with one attached hydrogen (secondary N) is 1. The highest BCUT2D eigenvalue weighted by atomic mass is 35.5. The van der Waals surface area contributed by atoms with Crippen LogP contribution in [0.15, 0.2) is 48.5 Å². The fraction of sp³-hybridized carbons (Fsp3) is 0.227. The van der Waals surface area contributed by atoms with Crippen LogP contribution in [0.1, 0.15) is 29.8 Å². The number of hydrogen-bond donors (Lipinski definition) is 1. The Bertz CT molecular complexity index is 1180. The number of aryl methyl sites for hydroxylation is 1. The molecule has 4 rings (SSSR count). The second kappa shape index (κ2) is 7.24. The summed E-state index contributed by atoms with van der Waals surface area (Å²) in [4.78, 5) is 17.5. The number of halogens is 1. The highest BCUT2D eigenvalue weighted by Crippen LogP contribution is 2.27. The Kier molecular flexibility index (Phi) is 4.77. The molecule has 0 fully saturated rings. The third kappa shape index (κ3) is 3.58. The number of pyridine rings is 1. The van der Waals surface area contributed by atoms with Gasteiger partial charge >= 0.3 is 0 Å². The summed E-state index contributed by atoms with van der Waals surface area (Å²) in [5.41, 5.74) is 3.39. The molecule has 0 bridgehead atoms. The van der Waals surface area contributed by atoms with Gasteiger partial charge in [0.2, 0.25) is 0 Å². The summed E-state index contributed by atoms with van der Waals surface area (Å²) >= 11 is 5.92. The minimum atomic E-state index is -0.225. The number of benzene rings is 2. The fourth-order valence-electron chi connectivity index (χ4n) is 3.21. The summed E-state index contributed by atoms with van der Waals surface area (Å²) in [6.45, 7) is 7.03. The molecule has 0 atom stereocenters. The first kappa shape index (κ1) is 18.4. The van der Waals surface area contributed by atoms with Crippen molar-refractivity contribution < 1.29 is 4.79 Å². The van der Waals surface area contributed by atoms with Crippen LogP contribution < -0.4 is 5.32 Å². The maximum atomic E-state index is 12.7. The Morgan fingerprint density at radius 2 is 1.89 bits per heavy atom. The van der Waals surface area contributed by atoms with Gasteiger partial charge in [0.1, 0.15) is 0 Å². The minimum absolute atomic E-state index is 0.225. The molecule has 0 saturated heterocycles. The molecule has 0 unspecified atom stereocenters. The molecule has 0 radical (unpaired) electrons. The molecular weight excluding hydrogens is 372 g/mol. The smallest absolute Gasteiger partial charge is 0.256 e. The lowest BCUT2D eigenvalue weighted by Crippen LogP contribution is -2.13. The summed E-state index contributed by atoms with van der Waals surface area (Å²) in [5.74, 6) is 0.695. The first-order valence-corrected chi connectivity index (χ1v) is 9.63. The molecule has 1 N–H and O–H groups in total. The van der Waals surface area contributed by atoms with Gasteiger partial charge in [0, 0.05) is 22.5 Å². The lowest BCUT2D eigenvalue weighted by Gasteiger charge is -2.06. The molecule has 28 heavy (non-hydrogen) atoms. The number of fused-ring (bicyclic) bond motifs is 2. The number of nitrogens with zero attached hydrogens (tertiary/aromatic N) is 3. The molecular formula is C22H21ClN4O. The van der Waals surface area contributed by atoms with Crippen molar-refractivity contribution >= 4 is 45.3 Å². The standard InChI is InChI=1S/C22H21ClN4O/c1-13(2)12-27-21-18(11-16-5-4-14(3)10-19(16)24-21)20(26-27)25-22(28)15-6-8-17(23)9-7-15/h4-11,13H,12H2,1-3H3,(H,25,26,28). The van der Waals surface area contributed by atoms with Crippen LogP contribution in [-0.4, -0.2) is 20.7 Å². The highest BCUT2D eigenvalue weighted by molar-refractivity contribution is 6.30. The number of carbonyl (C=O) groups excluding carboxylic acids is 1. The van der Waals surface area contributed by atoms with Gasteiger partial charge in [-0.2, -0.15) is 5.10 Å². The molecule has 2 heterocycles. The Morgan fingerprint density at radius 1 is 1.14 bits per heavy atom. The van der Waals surface area contributed by atoms with Gasteiger partial charge in [-0.1, -0.05) is 37.6 Å². The van der Waals surface area contributed by atoms with E-state index in [1.165, 1.54) is 0 Å². The lowest BCUT2D eigenvalue weighted by atomic mass is 10.1. The lowest BCUT2D eigenvalue weighted by molar-refractivity contribution is 0.102. The topological polar surface area (TPSA) is 59.8 Å². The average molecular weight is 393 g/mol. The van der Waals surface area contributed by atoms with Crippen molar-refractivity contribution in [2.75, 3.05) is 5.32 Å². The molecule has 142 valence electrons. The van der Waals surface area contributed by atoms with Crippen LogP contribution >= 0.6 is 11.6 Å². The van der Waals surface area contributed by atoms with Gasteiger partial charge in [-0.05, 0) is 54.8 Å². The van der Waals surface area contributed by atoms with Crippen molar-refractivity contribution in [1.29, 1.82) is 0 Å². The average Bonchev–Trinajstić information content (AvgIpc) is 2.96. The predicted molar refractivity (Wildman–Crippen MR) is 114 cm³/mol. The summed E-state index contributed by atoms with van der Waals surface area (Å²) in [6.07, 6.45) is 0. The van der Waals surface area contributed by atoms with Crippen LogP contribution in [0.5, 0.6) is 0 Å². The molecule has 0 aliphatic heterocycles. The summed E-state index contributed by atoms with van der Waals surface area (Å²) < 4.78 is 1.87. The molecule has 2 aromatic carbocycles. The Labute approximate surface area is 168 Å². The Hall–Kier alpha value is -2.92. The summed E-state index contributed by atoms with van der Waals surface area (Å²) in [5, 5.41) is 10.0. The van der Waals surface area contributed by atoms with Gasteiger partial charge < -0.3 is 5.32 Å². The summed E-state index contributed by atoms with van der Waals surface area (Å²) in [6, 6.07) is 15.0. The monoisotopic (exact) mass is 392 g/mol. The zero-order valence-corrected chi connectivity index (χ0v) is 16.8. The van der Waals surface area contributed by atoms with Crippen LogP contribution in [0.4, 0.5) is 5.82 Å². The molecule has 5 nitrogen and oxygen atoms in total. The van der Waals surface area contributed by atoms with E-state index in [0.717, 1.165) is 34.0 Å². The van der Waals surface area contributed by atoms with Crippen molar-refractivity contribution in [2.24, 2.45) is 5.92 Å². The van der Waals surface area contributed by atoms with Crippen molar-refractivity contribution in [3.8, 4) is 0 Å². The van der Waals surface area contributed by atoms with Crippen molar-refractivity contribution in [3.05, 3.63) is 64.7 Å². The van der Waals surface area contributed by atoms with E-state index in [9.17, 15) is 4.79 Å². The second-order valence-corrected chi connectivity index (χ2v) is 7.88. The van der Waals surface area contributed by atoms with Gasteiger partial charge in [-0.3, -0.25) is 4.79 Å². The second-order valence-electron chi connectivity index (χ2n) is 7.44. The van der Waals surface area contributed by atoms with E-state index in [1.54, 1.807) is 24.3 Å². The zero-order chi connectivity index (χ0) is 19.8. The molecule has 4 aromatic rings. The van der Waals surface area contributed by atoms with E-state index in [0.29, 0.717) is 22.3 Å². The van der Waals surface area contributed by atoms with E-state index < -0.39 is 0 Å². The highest BCUT2D eigenvalue weighted by Gasteiger charge is 2.17. The number of aromatic nitrogens is 3. The van der Waals surface area contributed by atoms with Gasteiger partial charge in [-0.15, -0.1) is 0 Å². The van der Waals surface area contributed by atoms with Crippen LogP contribution in [0.3, 0.4) is 0 Å². The van der Waals surface area contributed by atoms with Crippen LogP contribution in [0, 0.1) is 12.8 Å². The number of anilines is 1. The predicted octanol–water partition coefficient (Wildman–Crippen LogP) is 5.45. The number of hydrogen-bond acceptors (Lipinski definition) is 3. The van der Waals surface area contributed by atoms with Crippen molar-refractivity contribution in [3.63, 3.8) is 0 Å². The molecule has 0 spiro atoms. The van der Waals surface area contributed by atoms with E-state index in [-0.39, 0.29) is 5.91 Å². The third-order valence-corrected chi connectivity index (χ3v) is 4.80. The van der Waals surface area contributed by atoms with Crippen LogP contribution in [-0.2, 0) is 6.54 Å². The fourth-order valence-corrected chi connectivity index (χ4v) is 3.33. The summed E-state index contributed by atoms with van der Waals surface area (Å²) in [7, 11) is 0. The van der Waals surface area contributed by atoms with Crippen molar-refractivity contribution in [1.82, 2.24) is 14.8 Å². The minimum Gasteiger partial charge on any atom is -0.305 e. The number of rotatable bonds is 4. The van der Waals surface area contributed by atoms with Gasteiger partial charge in [0.25, 0.3) is 5.91 Å². The molecule has 6 heteroatoms. The first-order valence-electron chi connectivity index (χ1n) is 9.25. The molecule has 1 amide bonds. The molecule has 0 saturated carbocycles. The maximum Gasteiger partial charge on any atom is 0.256 e. The Balaban J connectivity index is 1.81. The van der Waals surface area contributed by atoms with Gasteiger partial charge in [0.15, 0.2) is 11.5 Å². The van der Waals surface area contributed by atoms with Crippen LogP contribution in [0.25, 0.3) is 21.9 Å². The quantitative estimate of drug-likeness (QED) is 0.502. The Morgan fingerprint density at radius 3 is 2.61 bits per heavy atom. The first-order chi connectivity index (χ1) is 13.4. The number of carbonyl (C=O) groups is 1. The SMILES string of the molecule is Cc1ccc2cc3c(NC(=O)c4ccc(Cl)cc4)nn(CC(C)C)c3nc2c1. The molecule has 0 aliphatic carbocycles. The van der Waals surface area contributed by atoms with Crippen molar-refractivity contribution in [2.45, 2.75) is 27.3 Å². The van der Waals surface area contributed by atoms with E-state index in [2.05, 4.69) is 43.3 Å². The normalized spacial score (nSPS) is 11.5. The van der Waals surface area contributed by atoms with Crippen LogP contribution in [0.2, 0.25) is 5.02 Å². The number of amides is 1.